The Balaban J connectivity index is 2.28. The number of amides is 1. The monoisotopic (exact) mass is 389 g/mol. The molecule has 26 heavy (non-hydrogen) atoms. The van der Waals surface area contributed by atoms with Crippen LogP contribution in [0.1, 0.15) is 29.3 Å². The Morgan fingerprint density at radius 3 is 2.31 bits per heavy atom. The number of carbonyl (C=O) groups excluding carboxylic acids is 2. The number of rotatable bonds is 4. The van der Waals surface area contributed by atoms with E-state index in [1.54, 1.807) is 0 Å². The molecular weight excluding hydrogens is 378 g/mol. The van der Waals surface area contributed by atoms with Crippen molar-refractivity contribution in [2.75, 3.05) is 5.32 Å². The van der Waals surface area contributed by atoms with Crippen LogP contribution >= 0.6 is 11.6 Å². The van der Waals surface area contributed by atoms with Crippen molar-refractivity contribution in [3.63, 3.8) is 0 Å². The molecule has 138 valence electrons. The van der Waals surface area contributed by atoms with Crippen molar-refractivity contribution in [2.24, 2.45) is 0 Å². The smallest absolute Gasteiger partial charge is 0.416 e. The van der Waals surface area contributed by atoms with E-state index in [2.05, 4.69) is 5.32 Å². The van der Waals surface area contributed by atoms with Gasteiger partial charge in [0.05, 0.1) is 16.1 Å². The summed E-state index contributed by atoms with van der Waals surface area (Å²) in [6, 6.07) is 5.47. The zero-order valence-corrected chi connectivity index (χ0v) is 14.0. The van der Waals surface area contributed by atoms with Crippen molar-refractivity contribution in [1.82, 2.24) is 0 Å². The highest BCUT2D eigenvalue weighted by Crippen LogP contribution is 2.31. The van der Waals surface area contributed by atoms with Crippen molar-refractivity contribution < 1.29 is 31.9 Å². The van der Waals surface area contributed by atoms with Gasteiger partial charge in [-0.25, -0.2) is 4.39 Å². The first-order chi connectivity index (χ1) is 12.1. The molecule has 0 saturated carbocycles. The maximum absolute atomic E-state index is 13.6. The van der Waals surface area contributed by atoms with Gasteiger partial charge in [-0.2, -0.15) is 13.2 Å². The summed E-state index contributed by atoms with van der Waals surface area (Å²) >= 11 is 5.65. The summed E-state index contributed by atoms with van der Waals surface area (Å²) in [5.41, 5.74) is -1.05. The molecule has 0 aliphatic heterocycles. The number of esters is 1. The lowest BCUT2D eigenvalue weighted by Crippen LogP contribution is -2.16. The van der Waals surface area contributed by atoms with Gasteiger partial charge in [-0.15, -0.1) is 0 Å². The van der Waals surface area contributed by atoms with Crippen LogP contribution in [0, 0.1) is 5.82 Å². The van der Waals surface area contributed by atoms with Crippen LogP contribution in [0.2, 0.25) is 5.02 Å². The molecule has 2 aromatic carbocycles. The predicted octanol–water partition coefficient (Wildman–Crippen LogP) is 5.07. The van der Waals surface area contributed by atoms with Gasteiger partial charge in [-0.05, 0) is 30.3 Å². The highest BCUT2D eigenvalue weighted by Gasteiger charge is 2.30. The minimum Gasteiger partial charge on any atom is -0.426 e. The van der Waals surface area contributed by atoms with Crippen LogP contribution in [-0.2, 0) is 11.0 Å². The quantitative estimate of drug-likeness (QED) is 0.451. The lowest BCUT2D eigenvalue weighted by Gasteiger charge is -2.12. The number of anilines is 1. The highest BCUT2D eigenvalue weighted by molar-refractivity contribution is 6.31. The van der Waals surface area contributed by atoms with Gasteiger partial charge in [0.25, 0.3) is 5.91 Å². The van der Waals surface area contributed by atoms with Crippen LogP contribution in [0.5, 0.6) is 5.75 Å². The molecule has 9 heteroatoms. The second kappa shape index (κ2) is 7.74. The zero-order valence-electron chi connectivity index (χ0n) is 13.3. The molecule has 0 unspecified atom stereocenters. The topological polar surface area (TPSA) is 55.4 Å². The lowest BCUT2D eigenvalue weighted by molar-refractivity contribution is -0.137. The summed E-state index contributed by atoms with van der Waals surface area (Å²) in [5, 5.41) is 1.96. The maximum atomic E-state index is 13.6. The number of benzene rings is 2. The molecule has 2 rings (SSSR count). The SMILES string of the molecule is CCC(=O)Oc1cc(F)c(Cl)cc1C(=O)Nc1ccc(C(F)(F)F)cc1. The van der Waals surface area contributed by atoms with Gasteiger partial charge in [0.1, 0.15) is 11.6 Å². The fourth-order valence-electron chi connectivity index (χ4n) is 1.93. The third-order valence-corrected chi connectivity index (χ3v) is 3.54. The van der Waals surface area contributed by atoms with Gasteiger partial charge in [0.15, 0.2) is 0 Å². The number of hydrogen-bond donors (Lipinski definition) is 1. The number of carbonyl (C=O) groups is 2. The third kappa shape index (κ3) is 4.72. The van der Waals surface area contributed by atoms with Gasteiger partial charge in [0, 0.05) is 18.2 Å². The van der Waals surface area contributed by atoms with E-state index < -0.39 is 29.4 Å². The molecule has 0 spiro atoms. The van der Waals surface area contributed by atoms with Crippen molar-refractivity contribution in [3.05, 3.63) is 58.4 Å². The number of halogens is 5. The van der Waals surface area contributed by atoms with E-state index in [0.717, 1.165) is 36.4 Å². The Morgan fingerprint density at radius 2 is 1.77 bits per heavy atom. The lowest BCUT2D eigenvalue weighted by atomic mass is 10.1. The van der Waals surface area contributed by atoms with Crippen molar-refractivity contribution in [1.29, 1.82) is 0 Å². The Hall–Kier alpha value is -2.61. The summed E-state index contributed by atoms with van der Waals surface area (Å²) in [5.74, 6) is -2.76. The van der Waals surface area contributed by atoms with E-state index in [-0.39, 0.29) is 28.4 Å². The fourth-order valence-corrected chi connectivity index (χ4v) is 2.09. The van der Waals surface area contributed by atoms with E-state index in [1.165, 1.54) is 6.92 Å². The first-order valence-corrected chi connectivity index (χ1v) is 7.68. The molecule has 4 nitrogen and oxygen atoms in total. The first-order valence-electron chi connectivity index (χ1n) is 7.30. The standard InChI is InChI=1S/C17H12ClF4NO3/c1-2-15(24)26-14-8-13(19)12(18)7-11(14)16(25)23-10-5-3-9(4-6-10)17(20,21)22/h3-8H,2H2,1H3,(H,23,25). The van der Waals surface area contributed by atoms with E-state index in [4.69, 9.17) is 16.3 Å². The Kier molecular flexibility index (Phi) is 5.86. The fraction of sp³-hybridized carbons (Fsp3) is 0.176. The van der Waals surface area contributed by atoms with Crippen LogP contribution in [0.4, 0.5) is 23.2 Å². The number of alkyl halides is 3. The Labute approximate surface area is 150 Å². The van der Waals surface area contributed by atoms with Crippen LogP contribution in [0.15, 0.2) is 36.4 Å². The molecule has 0 saturated heterocycles. The van der Waals surface area contributed by atoms with E-state index in [1.807, 2.05) is 0 Å². The first kappa shape index (κ1) is 19.7. The maximum Gasteiger partial charge on any atom is 0.416 e. The number of nitrogens with one attached hydrogen (secondary N) is 1. The molecule has 1 amide bonds. The van der Waals surface area contributed by atoms with Crippen molar-refractivity contribution >= 4 is 29.2 Å². The van der Waals surface area contributed by atoms with Crippen molar-refractivity contribution in [2.45, 2.75) is 19.5 Å². The molecule has 0 fully saturated rings. The van der Waals surface area contributed by atoms with Gasteiger partial charge in [-0.3, -0.25) is 9.59 Å². The summed E-state index contributed by atoms with van der Waals surface area (Å²) in [4.78, 5) is 23.8. The second-order valence-corrected chi connectivity index (χ2v) is 5.53. The molecule has 0 aliphatic rings. The van der Waals surface area contributed by atoms with E-state index >= 15 is 0 Å². The largest absolute Gasteiger partial charge is 0.426 e. The Morgan fingerprint density at radius 1 is 1.15 bits per heavy atom. The normalized spacial score (nSPS) is 11.2. The highest BCUT2D eigenvalue weighted by atomic mass is 35.5. The van der Waals surface area contributed by atoms with Crippen molar-refractivity contribution in [3.8, 4) is 5.75 Å². The molecular formula is C17H12ClF4NO3. The molecule has 2 aromatic rings. The summed E-state index contributed by atoms with van der Waals surface area (Å²) in [7, 11) is 0. The summed E-state index contributed by atoms with van der Waals surface area (Å²) < 4.78 is 56.2. The molecule has 0 radical (unpaired) electrons. The summed E-state index contributed by atoms with van der Waals surface area (Å²) in [6.45, 7) is 1.51. The number of ether oxygens (including phenoxy) is 1. The zero-order chi connectivity index (χ0) is 19.5. The molecule has 0 heterocycles. The van der Waals surface area contributed by atoms with Gasteiger partial charge >= 0.3 is 12.1 Å². The predicted molar refractivity (Wildman–Crippen MR) is 86.7 cm³/mol. The van der Waals surface area contributed by atoms with Crippen LogP contribution in [0.3, 0.4) is 0 Å². The molecule has 0 bridgehead atoms. The van der Waals surface area contributed by atoms with E-state index in [0.29, 0.717) is 0 Å². The van der Waals surface area contributed by atoms with E-state index in [9.17, 15) is 27.2 Å². The molecule has 0 aliphatic carbocycles. The van der Waals surface area contributed by atoms with Gasteiger partial charge < -0.3 is 10.1 Å². The molecule has 1 N–H and O–H groups in total. The average molecular weight is 390 g/mol. The minimum absolute atomic E-state index is 0.00971. The Bertz CT molecular complexity index is 835. The summed E-state index contributed by atoms with van der Waals surface area (Å²) in [6.07, 6.45) is -4.52. The van der Waals surface area contributed by atoms with Gasteiger partial charge in [0.2, 0.25) is 0 Å². The van der Waals surface area contributed by atoms with Crippen LogP contribution in [-0.4, -0.2) is 11.9 Å². The van der Waals surface area contributed by atoms with Crippen LogP contribution in [0.25, 0.3) is 0 Å². The average Bonchev–Trinajstić information content (AvgIpc) is 2.57. The van der Waals surface area contributed by atoms with Gasteiger partial charge in [-0.1, -0.05) is 18.5 Å². The third-order valence-electron chi connectivity index (χ3n) is 3.25. The number of hydrogen-bond acceptors (Lipinski definition) is 3. The van der Waals surface area contributed by atoms with Crippen LogP contribution < -0.4 is 10.1 Å². The molecule has 0 aromatic heterocycles. The second-order valence-electron chi connectivity index (χ2n) is 5.12. The minimum atomic E-state index is -4.51. The molecule has 0 atom stereocenters.